The molecule has 2 aliphatic rings. The fourth-order valence-corrected chi connectivity index (χ4v) is 3.75. The first-order chi connectivity index (χ1) is 6.28. The van der Waals surface area contributed by atoms with E-state index in [1.54, 1.807) is 0 Å². The molecule has 0 unspecified atom stereocenters. The van der Waals surface area contributed by atoms with Crippen LogP contribution in [0.2, 0.25) is 0 Å². The van der Waals surface area contributed by atoms with Crippen LogP contribution < -0.4 is 5.32 Å². The Labute approximate surface area is 96.5 Å². The number of nitrogens with zero attached hydrogens (tertiary/aromatic N) is 1. The quantitative estimate of drug-likeness (QED) is 0.657. The van der Waals surface area contributed by atoms with Gasteiger partial charge in [0.15, 0.2) is 9.84 Å². The summed E-state index contributed by atoms with van der Waals surface area (Å²) in [5.41, 5.74) is 0. The first-order valence-corrected chi connectivity index (χ1v) is 6.85. The minimum atomic E-state index is -2.97. The highest BCUT2D eigenvalue weighted by Gasteiger charge is 2.45. The van der Waals surface area contributed by atoms with E-state index in [1.807, 2.05) is 0 Å². The number of nitrogens with one attached hydrogen (secondary N) is 1. The molecular weight excluding hydrogens is 271 g/mol. The van der Waals surface area contributed by atoms with Gasteiger partial charge in [0.2, 0.25) is 3.79 Å². The van der Waals surface area contributed by atoms with Crippen molar-refractivity contribution in [2.75, 3.05) is 11.5 Å². The van der Waals surface area contributed by atoms with Crippen LogP contribution in [0.3, 0.4) is 0 Å². The molecule has 0 bridgehead atoms. The van der Waals surface area contributed by atoms with Gasteiger partial charge in [-0.3, -0.25) is 4.99 Å². The monoisotopic (exact) mass is 276 g/mol. The molecule has 14 heavy (non-hydrogen) atoms. The number of rotatable bonds is 0. The fraction of sp³-hybridized carbons (Fsp3) is 0.833. The molecule has 2 rings (SSSR count). The van der Waals surface area contributed by atoms with Crippen molar-refractivity contribution in [1.29, 1.82) is 0 Å². The molecule has 80 valence electrons. The first-order valence-electron chi connectivity index (χ1n) is 3.90. The molecule has 0 saturated carbocycles. The molecule has 1 N–H and O–H groups in total. The van der Waals surface area contributed by atoms with Crippen molar-refractivity contribution >= 4 is 50.5 Å². The second-order valence-electron chi connectivity index (χ2n) is 3.37. The second-order valence-corrected chi connectivity index (χ2v) is 7.81. The van der Waals surface area contributed by atoms with Gasteiger partial charge in [-0.1, -0.05) is 34.8 Å². The van der Waals surface area contributed by atoms with Crippen LogP contribution in [0.4, 0.5) is 0 Å². The van der Waals surface area contributed by atoms with E-state index in [4.69, 9.17) is 34.8 Å². The topological polar surface area (TPSA) is 58.5 Å². The summed E-state index contributed by atoms with van der Waals surface area (Å²) in [5.74, 6) is 0.341. The number of hydrogen-bond acceptors (Lipinski definition) is 4. The molecule has 0 aliphatic carbocycles. The number of halogens is 3. The Hall–Kier alpha value is 0.290. The Morgan fingerprint density at radius 3 is 2.50 bits per heavy atom. The van der Waals surface area contributed by atoms with E-state index in [1.165, 1.54) is 0 Å². The zero-order valence-electron chi connectivity index (χ0n) is 6.87. The maximum Gasteiger partial charge on any atom is 0.247 e. The molecule has 8 heteroatoms. The van der Waals surface area contributed by atoms with Crippen LogP contribution in [0.25, 0.3) is 0 Å². The highest BCUT2D eigenvalue weighted by Crippen LogP contribution is 2.32. The molecular formula is C6H7Cl3N2O2S. The molecule has 4 nitrogen and oxygen atoms in total. The molecule has 2 atom stereocenters. The fourth-order valence-electron chi connectivity index (χ4n) is 1.63. The van der Waals surface area contributed by atoms with Crippen molar-refractivity contribution in [2.45, 2.75) is 15.9 Å². The van der Waals surface area contributed by atoms with Gasteiger partial charge in [-0.05, 0) is 0 Å². The van der Waals surface area contributed by atoms with E-state index in [2.05, 4.69) is 10.3 Å². The average molecular weight is 278 g/mol. The van der Waals surface area contributed by atoms with Crippen molar-refractivity contribution in [1.82, 2.24) is 5.32 Å². The molecule has 0 radical (unpaired) electrons. The molecule has 2 heterocycles. The van der Waals surface area contributed by atoms with Crippen LogP contribution in [0.1, 0.15) is 0 Å². The van der Waals surface area contributed by atoms with Crippen LogP contribution in [0.15, 0.2) is 4.99 Å². The minimum absolute atomic E-state index is 0.0366. The molecule has 0 aromatic heterocycles. The second kappa shape index (κ2) is 3.14. The van der Waals surface area contributed by atoms with Crippen LogP contribution in [0.5, 0.6) is 0 Å². The first kappa shape index (κ1) is 10.8. The average Bonchev–Trinajstić information content (AvgIpc) is 2.37. The van der Waals surface area contributed by atoms with Crippen molar-refractivity contribution in [2.24, 2.45) is 4.99 Å². The highest BCUT2D eigenvalue weighted by molar-refractivity contribution is 7.91. The van der Waals surface area contributed by atoms with Gasteiger partial charge in [0.1, 0.15) is 5.84 Å². The van der Waals surface area contributed by atoms with Crippen LogP contribution in [-0.2, 0) is 9.84 Å². The van der Waals surface area contributed by atoms with Crippen LogP contribution in [-0.4, -0.2) is 41.6 Å². The maximum atomic E-state index is 11.2. The Balaban J connectivity index is 2.20. The smallest absolute Gasteiger partial charge is 0.247 e. The van der Waals surface area contributed by atoms with E-state index in [0.29, 0.717) is 0 Å². The molecule has 1 saturated heterocycles. The lowest BCUT2D eigenvalue weighted by molar-refractivity contribution is 0.600. The van der Waals surface area contributed by atoms with Gasteiger partial charge >= 0.3 is 0 Å². The Morgan fingerprint density at radius 2 is 2.00 bits per heavy atom. The molecule has 0 amide bonds. The van der Waals surface area contributed by atoms with E-state index < -0.39 is 13.6 Å². The van der Waals surface area contributed by atoms with E-state index in [0.717, 1.165) is 0 Å². The highest BCUT2D eigenvalue weighted by atomic mass is 35.6. The van der Waals surface area contributed by atoms with Gasteiger partial charge in [-0.15, -0.1) is 0 Å². The molecule has 0 aromatic rings. The summed E-state index contributed by atoms with van der Waals surface area (Å²) in [6, 6.07) is -0.531. The third-order valence-corrected chi connectivity index (χ3v) is 4.46. The lowest BCUT2D eigenvalue weighted by Crippen LogP contribution is -2.39. The SMILES string of the molecule is O=S1(=O)C[C@H]2N=C(C(Cl)(Cl)Cl)N[C@@H]2C1. The summed E-state index contributed by atoms with van der Waals surface area (Å²) in [4.78, 5) is 4.05. The van der Waals surface area contributed by atoms with Crippen molar-refractivity contribution in [3.05, 3.63) is 0 Å². The summed E-state index contributed by atoms with van der Waals surface area (Å²) in [5, 5.41) is 2.82. The maximum absolute atomic E-state index is 11.2. The number of sulfone groups is 1. The third-order valence-electron chi connectivity index (χ3n) is 2.21. The number of alkyl halides is 3. The molecule has 0 aromatic carbocycles. The predicted octanol–water partition coefficient (Wildman–Crippen LogP) is 0.524. The summed E-state index contributed by atoms with van der Waals surface area (Å²) < 4.78 is 20.8. The van der Waals surface area contributed by atoms with Crippen LogP contribution in [0, 0.1) is 0 Å². The van der Waals surface area contributed by atoms with Gasteiger partial charge in [-0.2, -0.15) is 0 Å². The lowest BCUT2D eigenvalue weighted by Gasteiger charge is -2.13. The van der Waals surface area contributed by atoms with Crippen molar-refractivity contribution in [3.63, 3.8) is 0 Å². The van der Waals surface area contributed by atoms with E-state index >= 15 is 0 Å². The number of hydrogen-bond donors (Lipinski definition) is 1. The van der Waals surface area contributed by atoms with Gasteiger partial charge in [-0.25, -0.2) is 8.42 Å². The summed E-state index contributed by atoms with van der Waals surface area (Å²) in [7, 11) is -2.97. The number of aliphatic imine (C=N–C) groups is 1. The number of amidine groups is 1. The summed E-state index contributed by atoms with van der Waals surface area (Å²) in [6.45, 7) is 0. The molecule has 2 aliphatic heterocycles. The number of fused-ring (bicyclic) bond motifs is 1. The van der Waals surface area contributed by atoms with Crippen molar-refractivity contribution in [3.8, 4) is 0 Å². The van der Waals surface area contributed by atoms with Gasteiger partial charge in [0.05, 0.1) is 23.6 Å². The predicted molar refractivity (Wildman–Crippen MR) is 57.1 cm³/mol. The third kappa shape index (κ3) is 1.96. The molecule has 0 spiro atoms. The largest absolute Gasteiger partial charge is 0.364 e. The Morgan fingerprint density at radius 1 is 1.36 bits per heavy atom. The standard InChI is InChI=1S/C6H7Cl3N2O2S/c7-6(8,9)5-10-3-1-14(12,13)2-4(3)11-5/h3-4H,1-2H2,(H,10,11)/t3-,4-/m1/s1. The van der Waals surface area contributed by atoms with Gasteiger partial charge in [0, 0.05) is 0 Å². The van der Waals surface area contributed by atoms with E-state index in [-0.39, 0.29) is 29.4 Å². The van der Waals surface area contributed by atoms with Crippen molar-refractivity contribution < 1.29 is 8.42 Å². The Bertz CT molecular complexity index is 386. The Kier molecular flexibility index (Phi) is 2.42. The van der Waals surface area contributed by atoms with Crippen LogP contribution >= 0.6 is 34.8 Å². The zero-order valence-corrected chi connectivity index (χ0v) is 9.96. The summed E-state index contributed by atoms with van der Waals surface area (Å²) in [6.07, 6.45) is 0. The molecule has 1 fully saturated rings. The minimum Gasteiger partial charge on any atom is -0.364 e. The van der Waals surface area contributed by atoms with E-state index in [9.17, 15) is 8.42 Å². The zero-order chi connectivity index (χ0) is 10.6. The van der Waals surface area contributed by atoms with Gasteiger partial charge < -0.3 is 5.32 Å². The van der Waals surface area contributed by atoms with Gasteiger partial charge in [0.25, 0.3) is 0 Å². The summed E-state index contributed by atoms with van der Waals surface area (Å²) >= 11 is 16.8. The normalized spacial score (nSPS) is 34.9. The lowest BCUT2D eigenvalue weighted by atomic mass is 10.2.